The van der Waals surface area contributed by atoms with Gasteiger partial charge in [-0.25, -0.2) is 0 Å². The van der Waals surface area contributed by atoms with E-state index in [1.807, 2.05) is 48.6 Å². The summed E-state index contributed by atoms with van der Waals surface area (Å²) < 4.78 is 11.8. The lowest BCUT2D eigenvalue weighted by Gasteiger charge is -2.10. The molecular formula is C19H16BrNO2. The van der Waals surface area contributed by atoms with Crippen LogP contribution in [0.5, 0.6) is 11.5 Å². The minimum absolute atomic E-state index is 0.698. The number of nitrogens with zero attached hydrogens (tertiary/aromatic N) is 1. The van der Waals surface area contributed by atoms with Crippen molar-refractivity contribution in [1.82, 2.24) is 4.98 Å². The van der Waals surface area contributed by atoms with Crippen LogP contribution in [0.1, 0.15) is 11.3 Å². The maximum atomic E-state index is 5.40. The van der Waals surface area contributed by atoms with Crippen molar-refractivity contribution in [3.63, 3.8) is 0 Å². The molecule has 3 aromatic rings. The van der Waals surface area contributed by atoms with Crippen LogP contribution >= 0.6 is 15.9 Å². The van der Waals surface area contributed by atoms with Gasteiger partial charge in [0.15, 0.2) is 11.5 Å². The Hall–Kier alpha value is -2.33. The molecule has 0 aliphatic carbocycles. The van der Waals surface area contributed by atoms with Gasteiger partial charge >= 0.3 is 0 Å². The van der Waals surface area contributed by atoms with Gasteiger partial charge in [-0.05, 0) is 41.3 Å². The van der Waals surface area contributed by atoms with Crippen LogP contribution in [-0.2, 0) is 0 Å². The summed E-state index contributed by atoms with van der Waals surface area (Å²) in [7, 11) is 3.27. The van der Waals surface area contributed by atoms with Gasteiger partial charge in [-0.15, -0.1) is 0 Å². The van der Waals surface area contributed by atoms with Crippen molar-refractivity contribution in [1.29, 1.82) is 0 Å². The van der Waals surface area contributed by atoms with Gasteiger partial charge in [0.1, 0.15) is 0 Å². The maximum Gasteiger partial charge on any atom is 0.161 e. The van der Waals surface area contributed by atoms with E-state index in [4.69, 9.17) is 9.47 Å². The standard InChI is InChI=1S/C19H16BrNO2/c1-22-18-11-14-9-10-21-17(15(14)12-19(18)23-2)8-7-13-5-3-4-6-16(13)20/h3-12H,1-2H3/b8-7+. The first-order valence-corrected chi connectivity index (χ1v) is 7.95. The Balaban J connectivity index is 2.09. The number of hydrogen-bond donors (Lipinski definition) is 0. The fourth-order valence-electron chi connectivity index (χ4n) is 2.43. The fourth-order valence-corrected chi connectivity index (χ4v) is 2.85. The van der Waals surface area contributed by atoms with E-state index in [2.05, 4.69) is 27.0 Å². The normalized spacial score (nSPS) is 11.1. The smallest absolute Gasteiger partial charge is 0.161 e. The predicted molar refractivity (Wildman–Crippen MR) is 97.9 cm³/mol. The zero-order valence-electron chi connectivity index (χ0n) is 12.9. The molecule has 0 atom stereocenters. The number of rotatable bonds is 4. The van der Waals surface area contributed by atoms with E-state index in [1.54, 1.807) is 20.4 Å². The fraction of sp³-hybridized carbons (Fsp3) is 0.105. The molecule has 0 aliphatic heterocycles. The molecule has 4 heteroatoms. The second kappa shape index (κ2) is 6.84. The summed E-state index contributed by atoms with van der Waals surface area (Å²) in [6, 6.07) is 14.0. The van der Waals surface area contributed by atoms with Gasteiger partial charge in [-0.2, -0.15) is 0 Å². The summed E-state index contributed by atoms with van der Waals surface area (Å²) in [5.74, 6) is 1.41. The Morgan fingerprint density at radius 1 is 0.957 bits per heavy atom. The quantitative estimate of drug-likeness (QED) is 0.634. The van der Waals surface area contributed by atoms with E-state index in [0.29, 0.717) is 11.5 Å². The number of benzene rings is 2. The molecule has 23 heavy (non-hydrogen) atoms. The number of methoxy groups -OCH3 is 2. The molecule has 0 N–H and O–H groups in total. The molecule has 0 radical (unpaired) electrons. The van der Waals surface area contributed by atoms with E-state index < -0.39 is 0 Å². The van der Waals surface area contributed by atoms with Crippen LogP contribution < -0.4 is 9.47 Å². The highest BCUT2D eigenvalue weighted by Crippen LogP contribution is 2.33. The van der Waals surface area contributed by atoms with Crippen LogP contribution in [-0.4, -0.2) is 19.2 Å². The lowest BCUT2D eigenvalue weighted by Crippen LogP contribution is -1.92. The van der Waals surface area contributed by atoms with E-state index in [0.717, 1.165) is 26.5 Å². The predicted octanol–water partition coefficient (Wildman–Crippen LogP) is 5.18. The zero-order chi connectivity index (χ0) is 16.2. The summed E-state index contributed by atoms with van der Waals surface area (Å²) in [5, 5.41) is 2.08. The van der Waals surface area contributed by atoms with Gasteiger partial charge in [-0.3, -0.25) is 4.98 Å². The van der Waals surface area contributed by atoms with Crippen molar-refractivity contribution in [2.24, 2.45) is 0 Å². The van der Waals surface area contributed by atoms with E-state index in [-0.39, 0.29) is 0 Å². The van der Waals surface area contributed by atoms with E-state index >= 15 is 0 Å². The van der Waals surface area contributed by atoms with E-state index in [1.165, 1.54) is 0 Å². The Morgan fingerprint density at radius 3 is 2.43 bits per heavy atom. The Kier molecular flexibility index (Phi) is 4.63. The maximum absolute atomic E-state index is 5.40. The number of aromatic nitrogens is 1. The van der Waals surface area contributed by atoms with Crippen molar-refractivity contribution in [3.05, 3.63) is 64.4 Å². The van der Waals surface area contributed by atoms with E-state index in [9.17, 15) is 0 Å². The zero-order valence-corrected chi connectivity index (χ0v) is 14.5. The third-order valence-corrected chi connectivity index (χ3v) is 4.35. The van der Waals surface area contributed by atoms with Crippen LogP contribution in [0.15, 0.2) is 53.1 Å². The second-order valence-corrected chi connectivity index (χ2v) is 5.83. The van der Waals surface area contributed by atoms with Crippen molar-refractivity contribution < 1.29 is 9.47 Å². The van der Waals surface area contributed by atoms with Crippen LogP contribution in [0.4, 0.5) is 0 Å². The lowest BCUT2D eigenvalue weighted by atomic mass is 10.1. The molecule has 0 aliphatic rings. The molecule has 1 heterocycles. The second-order valence-electron chi connectivity index (χ2n) is 4.98. The van der Waals surface area contributed by atoms with Gasteiger partial charge in [0, 0.05) is 16.1 Å². The molecule has 0 saturated heterocycles. The number of pyridine rings is 1. The molecular weight excluding hydrogens is 354 g/mol. The number of hydrogen-bond acceptors (Lipinski definition) is 3. The first-order chi connectivity index (χ1) is 11.2. The third-order valence-electron chi connectivity index (χ3n) is 3.63. The SMILES string of the molecule is COc1cc2ccnc(/C=C/c3ccccc3Br)c2cc1OC. The van der Waals surface area contributed by atoms with Crippen molar-refractivity contribution in [2.75, 3.05) is 14.2 Å². The van der Waals surface area contributed by atoms with Crippen LogP contribution in [0.25, 0.3) is 22.9 Å². The van der Waals surface area contributed by atoms with Crippen molar-refractivity contribution in [2.45, 2.75) is 0 Å². The van der Waals surface area contributed by atoms with Crippen LogP contribution in [0.2, 0.25) is 0 Å². The highest BCUT2D eigenvalue weighted by Gasteiger charge is 2.08. The molecule has 0 bridgehead atoms. The minimum atomic E-state index is 0.698. The van der Waals surface area contributed by atoms with Crippen LogP contribution in [0.3, 0.4) is 0 Å². The van der Waals surface area contributed by atoms with Gasteiger partial charge in [-0.1, -0.05) is 40.2 Å². The topological polar surface area (TPSA) is 31.4 Å². The highest BCUT2D eigenvalue weighted by atomic mass is 79.9. The summed E-state index contributed by atoms with van der Waals surface area (Å²) >= 11 is 3.55. The Bertz CT molecular complexity index is 874. The van der Waals surface area contributed by atoms with Crippen LogP contribution in [0, 0.1) is 0 Å². The summed E-state index contributed by atoms with van der Waals surface area (Å²) in [5.41, 5.74) is 1.99. The molecule has 1 aromatic heterocycles. The summed E-state index contributed by atoms with van der Waals surface area (Å²) in [6.45, 7) is 0. The van der Waals surface area contributed by atoms with Crippen molar-refractivity contribution in [3.8, 4) is 11.5 Å². The third kappa shape index (κ3) is 3.22. The number of halogens is 1. The van der Waals surface area contributed by atoms with Gasteiger partial charge in [0.2, 0.25) is 0 Å². The number of fused-ring (bicyclic) bond motifs is 1. The first kappa shape index (κ1) is 15.6. The first-order valence-electron chi connectivity index (χ1n) is 7.16. The summed E-state index contributed by atoms with van der Waals surface area (Å²) in [6.07, 6.45) is 5.85. The average molecular weight is 370 g/mol. The lowest BCUT2D eigenvalue weighted by molar-refractivity contribution is 0.356. The molecule has 0 unspecified atom stereocenters. The molecule has 0 saturated carbocycles. The Labute approximate surface area is 143 Å². The van der Waals surface area contributed by atoms with Gasteiger partial charge in [0.25, 0.3) is 0 Å². The largest absolute Gasteiger partial charge is 0.493 e. The minimum Gasteiger partial charge on any atom is -0.493 e. The molecule has 0 fully saturated rings. The monoisotopic (exact) mass is 369 g/mol. The summed E-state index contributed by atoms with van der Waals surface area (Å²) in [4.78, 5) is 4.48. The molecule has 2 aromatic carbocycles. The Morgan fingerprint density at radius 2 is 1.70 bits per heavy atom. The van der Waals surface area contributed by atoms with Gasteiger partial charge < -0.3 is 9.47 Å². The average Bonchev–Trinajstić information content (AvgIpc) is 2.59. The molecule has 3 rings (SSSR count). The molecule has 3 nitrogen and oxygen atoms in total. The molecule has 0 amide bonds. The number of ether oxygens (including phenoxy) is 2. The molecule has 0 spiro atoms. The van der Waals surface area contributed by atoms with Gasteiger partial charge in [0.05, 0.1) is 19.9 Å². The van der Waals surface area contributed by atoms with Crippen molar-refractivity contribution >= 4 is 38.9 Å². The molecule has 116 valence electrons. The highest BCUT2D eigenvalue weighted by molar-refractivity contribution is 9.10.